The first kappa shape index (κ1) is 13.1. The first-order valence-corrected chi connectivity index (χ1v) is 5.96. The summed E-state index contributed by atoms with van der Waals surface area (Å²) in [6.45, 7) is 0.393. The van der Waals surface area contributed by atoms with E-state index in [-0.39, 0.29) is 5.91 Å². The van der Waals surface area contributed by atoms with Gasteiger partial charge in [-0.25, -0.2) is 9.97 Å². The number of aromatic nitrogens is 3. The molecule has 0 saturated carbocycles. The summed E-state index contributed by atoms with van der Waals surface area (Å²) >= 11 is 0. The molecule has 0 atom stereocenters. The van der Waals surface area contributed by atoms with Crippen molar-refractivity contribution in [3.8, 4) is 0 Å². The topological polar surface area (TPSA) is 63.1 Å². The van der Waals surface area contributed by atoms with Crippen LogP contribution in [0.25, 0.3) is 0 Å². The molecule has 0 aliphatic carbocycles. The van der Waals surface area contributed by atoms with Crippen LogP contribution >= 0.6 is 0 Å². The molecule has 19 heavy (non-hydrogen) atoms. The molecular formula is C13H17N5O. The SMILES string of the molecule is CN(C)c1ncccc1C(=O)NCc1nccn1C. The number of nitrogens with zero attached hydrogens (tertiary/aromatic N) is 4. The van der Waals surface area contributed by atoms with Gasteiger partial charge in [-0.2, -0.15) is 0 Å². The lowest BCUT2D eigenvalue weighted by molar-refractivity contribution is 0.0950. The third kappa shape index (κ3) is 2.90. The lowest BCUT2D eigenvalue weighted by Gasteiger charge is -2.15. The summed E-state index contributed by atoms with van der Waals surface area (Å²) in [6, 6.07) is 3.51. The van der Waals surface area contributed by atoms with Crippen molar-refractivity contribution in [3.63, 3.8) is 0 Å². The minimum absolute atomic E-state index is 0.153. The zero-order chi connectivity index (χ0) is 13.8. The fourth-order valence-electron chi connectivity index (χ4n) is 1.75. The number of amides is 1. The summed E-state index contributed by atoms with van der Waals surface area (Å²) in [5.41, 5.74) is 0.557. The molecule has 0 fully saturated rings. The van der Waals surface area contributed by atoms with E-state index in [1.165, 1.54) is 0 Å². The molecule has 100 valence electrons. The van der Waals surface area contributed by atoms with Crippen LogP contribution in [0, 0.1) is 0 Å². The predicted octanol–water partition coefficient (Wildman–Crippen LogP) is 0.811. The minimum Gasteiger partial charge on any atom is -0.362 e. The summed E-state index contributed by atoms with van der Waals surface area (Å²) in [5.74, 6) is 1.31. The largest absolute Gasteiger partial charge is 0.362 e. The van der Waals surface area contributed by atoms with Crippen LogP contribution in [-0.2, 0) is 13.6 Å². The van der Waals surface area contributed by atoms with Gasteiger partial charge in [0.15, 0.2) is 0 Å². The molecule has 1 amide bonds. The number of hydrogen-bond acceptors (Lipinski definition) is 4. The Morgan fingerprint density at radius 3 is 2.79 bits per heavy atom. The van der Waals surface area contributed by atoms with E-state index in [9.17, 15) is 4.79 Å². The van der Waals surface area contributed by atoms with Gasteiger partial charge in [0.05, 0.1) is 12.1 Å². The van der Waals surface area contributed by atoms with Gasteiger partial charge in [-0.15, -0.1) is 0 Å². The first-order chi connectivity index (χ1) is 9.09. The predicted molar refractivity (Wildman–Crippen MR) is 72.9 cm³/mol. The fraction of sp³-hybridized carbons (Fsp3) is 0.308. The third-order valence-corrected chi connectivity index (χ3v) is 2.78. The van der Waals surface area contributed by atoms with Crippen molar-refractivity contribution in [2.75, 3.05) is 19.0 Å². The molecule has 2 aromatic heterocycles. The molecule has 0 radical (unpaired) electrons. The normalized spacial score (nSPS) is 10.3. The van der Waals surface area contributed by atoms with E-state index >= 15 is 0 Å². The maximum absolute atomic E-state index is 12.2. The summed E-state index contributed by atoms with van der Waals surface area (Å²) in [7, 11) is 5.61. The van der Waals surface area contributed by atoms with E-state index < -0.39 is 0 Å². The molecule has 6 nitrogen and oxygen atoms in total. The van der Waals surface area contributed by atoms with Crippen molar-refractivity contribution in [1.29, 1.82) is 0 Å². The second-order valence-electron chi connectivity index (χ2n) is 4.41. The molecule has 6 heteroatoms. The third-order valence-electron chi connectivity index (χ3n) is 2.78. The van der Waals surface area contributed by atoms with E-state index in [4.69, 9.17) is 0 Å². The standard InChI is InChI=1S/C13H17N5O/c1-17(2)12-10(5-4-6-15-12)13(19)16-9-11-14-7-8-18(11)3/h4-8H,9H2,1-3H3,(H,16,19). The highest BCUT2D eigenvalue weighted by atomic mass is 16.1. The molecule has 0 bridgehead atoms. The quantitative estimate of drug-likeness (QED) is 0.882. The second kappa shape index (κ2) is 5.51. The van der Waals surface area contributed by atoms with Crippen LogP contribution < -0.4 is 10.2 Å². The summed E-state index contributed by atoms with van der Waals surface area (Å²) in [4.78, 5) is 22.3. The molecule has 2 rings (SSSR count). The van der Waals surface area contributed by atoms with Crippen molar-refractivity contribution in [2.24, 2.45) is 7.05 Å². The van der Waals surface area contributed by atoms with Crippen LogP contribution in [0.2, 0.25) is 0 Å². The highest BCUT2D eigenvalue weighted by Gasteiger charge is 2.13. The lowest BCUT2D eigenvalue weighted by atomic mass is 10.2. The van der Waals surface area contributed by atoms with Crippen LogP contribution in [-0.4, -0.2) is 34.5 Å². The van der Waals surface area contributed by atoms with Crippen molar-refractivity contribution < 1.29 is 4.79 Å². The van der Waals surface area contributed by atoms with Crippen molar-refractivity contribution in [2.45, 2.75) is 6.54 Å². The van der Waals surface area contributed by atoms with Gasteiger partial charge < -0.3 is 14.8 Å². The number of rotatable bonds is 4. The van der Waals surface area contributed by atoms with Crippen LogP contribution in [0.4, 0.5) is 5.82 Å². The first-order valence-electron chi connectivity index (χ1n) is 5.96. The maximum atomic E-state index is 12.2. The van der Waals surface area contributed by atoms with Gasteiger partial charge in [-0.05, 0) is 12.1 Å². The Morgan fingerprint density at radius 1 is 1.37 bits per heavy atom. The molecule has 0 saturated heterocycles. The van der Waals surface area contributed by atoms with Gasteiger partial charge in [-0.3, -0.25) is 4.79 Å². The number of aryl methyl sites for hydroxylation is 1. The Kier molecular flexibility index (Phi) is 3.79. The van der Waals surface area contributed by atoms with Crippen LogP contribution in [0.5, 0.6) is 0 Å². The maximum Gasteiger partial charge on any atom is 0.255 e. The van der Waals surface area contributed by atoms with Crippen molar-refractivity contribution in [1.82, 2.24) is 19.9 Å². The van der Waals surface area contributed by atoms with Crippen molar-refractivity contribution >= 4 is 11.7 Å². The molecule has 0 spiro atoms. The molecule has 0 aromatic carbocycles. The molecule has 1 N–H and O–H groups in total. The van der Waals surface area contributed by atoms with Gasteiger partial charge in [0, 0.05) is 39.7 Å². The average molecular weight is 259 g/mol. The van der Waals surface area contributed by atoms with E-state index in [2.05, 4.69) is 15.3 Å². The summed E-state index contributed by atoms with van der Waals surface area (Å²) in [5, 5.41) is 2.85. The number of pyridine rings is 1. The van der Waals surface area contributed by atoms with Gasteiger partial charge in [-0.1, -0.05) is 0 Å². The van der Waals surface area contributed by atoms with E-state index in [0.29, 0.717) is 17.9 Å². The molecule has 0 unspecified atom stereocenters. The highest BCUT2D eigenvalue weighted by molar-refractivity contribution is 5.98. The van der Waals surface area contributed by atoms with Crippen LogP contribution in [0.3, 0.4) is 0 Å². The zero-order valence-corrected chi connectivity index (χ0v) is 11.3. The van der Waals surface area contributed by atoms with E-state index in [0.717, 1.165) is 5.82 Å². The van der Waals surface area contributed by atoms with E-state index in [1.807, 2.05) is 36.8 Å². The van der Waals surface area contributed by atoms with Gasteiger partial charge in [0.2, 0.25) is 0 Å². The van der Waals surface area contributed by atoms with Gasteiger partial charge in [0.1, 0.15) is 11.6 Å². The molecule has 0 aliphatic heterocycles. The Labute approximate surface area is 112 Å². The Hall–Kier alpha value is -2.37. The van der Waals surface area contributed by atoms with E-state index in [1.54, 1.807) is 24.5 Å². The Bertz CT molecular complexity index is 576. The number of carbonyl (C=O) groups excluding carboxylic acids is 1. The fourth-order valence-corrected chi connectivity index (χ4v) is 1.75. The molecule has 2 heterocycles. The highest BCUT2D eigenvalue weighted by Crippen LogP contribution is 2.14. The second-order valence-corrected chi connectivity index (χ2v) is 4.41. The lowest BCUT2D eigenvalue weighted by Crippen LogP contribution is -2.27. The number of anilines is 1. The zero-order valence-electron chi connectivity index (χ0n) is 11.3. The van der Waals surface area contributed by atoms with Crippen molar-refractivity contribution in [3.05, 3.63) is 42.1 Å². The average Bonchev–Trinajstić information content (AvgIpc) is 2.81. The minimum atomic E-state index is -0.153. The van der Waals surface area contributed by atoms with Gasteiger partial charge >= 0.3 is 0 Å². The number of imidazole rings is 1. The van der Waals surface area contributed by atoms with Gasteiger partial charge in [0.25, 0.3) is 5.91 Å². The number of hydrogen-bond donors (Lipinski definition) is 1. The number of nitrogens with one attached hydrogen (secondary N) is 1. The summed E-state index contributed by atoms with van der Waals surface area (Å²) in [6.07, 6.45) is 5.22. The monoisotopic (exact) mass is 259 g/mol. The Balaban J connectivity index is 2.10. The molecule has 0 aliphatic rings. The van der Waals surface area contributed by atoms with Crippen LogP contribution in [0.1, 0.15) is 16.2 Å². The Morgan fingerprint density at radius 2 is 2.16 bits per heavy atom. The molecule has 2 aromatic rings. The smallest absolute Gasteiger partial charge is 0.255 e. The number of carbonyl (C=O) groups is 1. The summed E-state index contributed by atoms with van der Waals surface area (Å²) < 4.78 is 1.87. The molecular weight excluding hydrogens is 242 g/mol. The van der Waals surface area contributed by atoms with Crippen LogP contribution in [0.15, 0.2) is 30.7 Å².